The van der Waals surface area contributed by atoms with Crippen molar-refractivity contribution in [2.45, 2.75) is 13.3 Å². The highest BCUT2D eigenvalue weighted by Gasteiger charge is 2.05. The first kappa shape index (κ1) is 15.8. The van der Waals surface area contributed by atoms with Gasteiger partial charge in [0.05, 0.1) is 16.9 Å². The third-order valence-electron chi connectivity index (χ3n) is 3.51. The van der Waals surface area contributed by atoms with Gasteiger partial charge in [0, 0.05) is 21.6 Å². The van der Waals surface area contributed by atoms with Gasteiger partial charge >= 0.3 is 0 Å². The van der Waals surface area contributed by atoms with E-state index in [4.69, 9.17) is 23.2 Å². The molecule has 3 nitrogen and oxygen atoms in total. The topological polar surface area (TPSA) is 37.3 Å². The summed E-state index contributed by atoms with van der Waals surface area (Å²) in [6.45, 7) is 2.06. The second kappa shape index (κ2) is 6.99. The first-order valence-electron chi connectivity index (χ1n) is 7.30. The summed E-state index contributed by atoms with van der Waals surface area (Å²) in [6.07, 6.45) is 2.53. The Morgan fingerprint density at radius 3 is 2.70 bits per heavy atom. The molecule has 0 unspecified atom stereocenters. The molecule has 1 N–H and O–H groups in total. The molecule has 5 heteroatoms. The van der Waals surface area contributed by atoms with E-state index in [1.54, 1.807) is 6.20 Å². The van der Waals surface area contributed by atoms with Crippen LogP contribution in [0.2, 0.25) is 10.0 Å². The molecule has 1 aromatic heterocycles. The van der Waals surface area contributed by atoms with E-state index >= 15 is 0 Å². The molecule has 0 aliphatic heterocycles. The molecule has 0 aliphatic carbocycles. The van der Waals surface area contributed by atoms with E-state index < -0.39 is 0 Å². The summed E-state index contributed by atoms with van der Waals surface area (Å²) in [6, 6.07) is 15.2. The summed E-state index contributed by atoms with van der Waals surface area (Å²) in [5.41, 5.74) is 6.80. The number of aromatic nitrogens is 1. The highest BCUT2D eigenvalue weighted by atomic mass is 35.5. The van der Waals surface area contributed by atoms with Gasteiger partial charge in [-0.1, -0.05) is 42.3 Å². The number of nitrogens with zero attached hydrogens (tertiary/aromatic N) is 2. The van der Waals surface area contributed by atoms with Gasteiger partial charge in [-0.05, 0) is 48.4 Å². The molecule has 0 atom stereocenters. The number of fused-ring (bicyclic) bond motifs is 1. The maximum Gasteiger partial charge on any atom is 0.0738 e. The molecule has 3 aromatic rings. The minimum atomic E-state index is 0.666. The number of rotatable bonds is 4. The van der Waals surface area contributed by atoms with Gasteiger partial charge in [-0.3, -0.25) is 10.4 Å². The molecule has 0 fully saturated rings. The van der Waals surface area contributed by atoms with Crippen LogP contribution < -0.4 is 5.43 Å². The van der Waals surface area contributed by atoms with E-state index in [-0.39, 0.29) is 0 Å². The summed E-state index contributed by atoms with van der Waals surface area (Å²) in [7, 11) is 0. The molecule has 0 bridgehead atoms. The Balaban J connectivity index is 1.95. The quantitative estimate of drug-likeness (QED) is 0.482. The van der Waals surface area contributed by atoms with Crippen LogP contribution in [0.1, 0.15) is 18.9 Å². The minimum absolute atomic E-state index is 0.666. The molecule has 0 saturated heterocycles. The van der Waals surface area contributed by atoms with Gasteiger partial charge in [-0.2, -0.15) is 5.10 Å². The largest absolute Gasteiger partial charge is 0.277 e. The molecule has 23 heavy (non-hydrogen) atoms. The highest BCUT2D eigenvalue weighted by molar-refractivity contribution is 6.31. The third kappa shape index (κ3) is 3.63. The SMILES string of the molecule is CCC(=NNc1ccnc2cc(Cl)ccc12)c1cccc(Cl)c1. The Labute approximate surface area is 145 Å². The predicted octanol–water partition coefficient (Wildman–Crippen LogP) is 5.77. The minimum Gasteiger partial charge on any atom is -0.277 e. The van der Waals surface area contributed by atoms with Gasteiger partial charge in [-0.15, -0.1) is 0 Å². The van der Waals surface area contributed by atoms with Crippen LogP contribution in [-0.4, -0.2) is 10.7 Å². The molecule has 0 amide bonds. The zero-order valence-corrected chi connectivity index (χ0v) is 14.1. The van der Waals surface area contributed by atoms with Gasteiger partial charge in [0.1, 0.15) is 0 Å². The molecular weight excluding hydrogens is 329 g/mol. The second-order valence-corrected chi connectivity index (χ2v) is 5.93. The van der Waals surface area contributed by atoms with Gasteiger partial charge in [-0.25, -0.2) is 0 Å². The zero-order chi connectivity index (χ0) is 16.2. The second-order valence-electron chi connectivity index (χ2n) is 5.05. The van der Waals surface area contributed by atoms with Crippen LogP contribution in [0.15, 0.2) is 59.8 Å². The third-order valence-corrected chi connectivity index (χ3v) is 3.98. The van der Waals surface area contributed by atoms with Gasteiger partial charge in [0.2, 0.25) is 0 Å². The molecule has 0 radical (unpaired) electrons. The summed E-state index contributed by atoms with van der Waals surface area (Å²) in [5, 5.41) is 6.88. The van der Waals surface area contributed by atoms with Crippen LogP contribution in [-0.2, 0) is 0 Å². The van der Waals surface area contributed by atoms with Crippen molar-refractivity contribution < 1.29 is 0 Å². The van der Waals surface area contributed by atoms with Gasteiger partial charge in [0.15, 0.2) is 0 Å². The van der Waals surface area contributed by atoms with Crippen LogP contribution in [0, 0.1) is 0 Å². The van der Waals surface area contributed by atoms with Crippen molar-refractivity contribution in [3.05, 3.63) is 70.3 Å². The van der Waals surface area contributed by atoms with Crippen molar-refractivity contribution in [1.82, 2.24) is 4.98 Å². The normalized spacial score (nSPS) is 11.7. The average Bonchev–Trinajstić information content (AvgIpc) is 2.55. The Kier molecular flexibility index (Phi) is 4.79. The Bertz CT molecular complexity index is 875. The van der Waals surface area contributed by atoms with Crippen molar-refractivity contribution in [3.63, 3.8) is 0 Å². The fourth-order valence-corrected chi connectivity index (χ4v) is 2.72. The standard InChI is InChI=1S/C18H15Cl2N3/c1-2-16(12-4-3-5-13(19)10-12)22-23-17-8-9-21-18-11-14(20)6-7-15(17)18/h3-11H,2H2,1H3,(H,21,23). The number of anilines is 1. The average molecular weight is 344 g/mol. The first-order chi connectivity index (χ1) is 11.2. The van der Waals surface area contributed by atoms with Crippen LogP contribution >= 0.6 is 23.2 Å². The fourth-order valence-electron chi connectivity index (χ4n) is 2.36. The molecule has 116 valence electrons. The van der Waals surface area contributed by atoms with Gasteiger partial charge < -0.3 is 0 Å². The lowest BCUT2D eigenvalue weighted by molar-refractivity contribution is 1.22. The van der Waals surface area contributed by atoms with Crippen LogP contribution in [0.3, 0.4) is 0 Å². The van der Waals surface area contributed by atoms with E-state index in [0.717, 1.165) is 34.3 Å². The van der Waals surface area contributed by atoms with E-state index in [1.165, 1.54) is 0 Å². The molecule has 0 spiro atoms. The summed E-state index contributed by atoms with van der Waals surface area (Å²) in [5.74, 6) is 0. The predicted molar refractivity (Wildman–Crippen MR) is 98.7 cm³/mol. The molecule has 0 aliphatic rings. The number of benzene rings is 2. The van der Waals surface area contributed by atoms with Crippen molar-refractivity contribution in [2.24, 2.45) is 5.10 Å². The lowest BCUT2D eigenvalue weighted by atomic mass is 10.1. The Hall–Kier alpha value is -2.10. The zero-order valence-electron chi connectivity index (χ0n) is 12.6. The number of hydrazone groups is 1. The lowest BCUT2D eigenvalue weighted by Crippen LogP contribution is -2.03. The van der Waals surface area contributed by atoms with Gasteiger partial charge in [0.25, 0.3) is 0 Å². The van der Waals surface area contributed by atoms with E-state index in [0.29, 0.717) is 10.0 Å². The number of hydrogen-bond donors (Lipinski definition) is 1. The molecular formula is C18H15Cl2N3. The smallest absolute Gasteiger partial charge is 0.0738 e. The Morgan fingerprint density at radius 2 is 1.91 bits per heavy atom. The van der Waals surface area contributed by atoms with Crippen molar-refractivity contribution >= 4 is 45.5 Å². The van der Waals surface area contributed by atoms with Crippen molar-refractivity contribution in [3.8, 4) is 0 Å². The summed E-state index contributed by atoms with van der Waals surface area (Å²) < 4.78 is 0. The van der Waals surface area contributed by atoms with Crippen molar-refractivity contribution in [1.29, 1.82) is 0 Å². The van der Waals surface area contributed by atoms with Crippen LogP contribution in [0.5, 0.6) is 0 Å². The number of halogens is 2. The lowest BCUT2D eigenvalue weighted by Gasteiger charge is -2.08. The molecule has 0 saturated carbocycles. The van der Waals surface area contributed by atoms with Crippen molar-refractivity contribution in [2.75, 3.05) is 5.43 Å². The number of nitrogens with one attached hydrogen (secondary N) is 1. The molecule has 1 heterocycles. The van der Waals surface area contributed by atoms with Crippen LogP contribution in [0.4, 0.5) is 5.69 Å². The monoisotopic (exact) mass is 343 g/mol. The first-order valence-corrected chi connectivity index (χ1v) is 8.05. The molecule has 3 rings (SSSR count). The van der Waals surface area contributed by atoms with E-state index in [2.05, 4.69) is 22.4 Å². The van der Waals surface area contributed by atoms with E-state index in [1.807, 2.05) is 48.5 Å². The van der Waals surface area contributed by atoms with Crippen LogP contribution in [0.25, 0.3) is 10.9 Å². The maximum atomic E-state index is 6.06. The highest BCUT2D eigenvalue weighted by Crippen LogP contribution is 2.24. The Morgan fingerprint density at radius 1 is 1.09 bits per heavy atom. The van der Waals surface area contributed by atoms with E-state index in [9.17, 15) is 0 Å². The fraction of sp³-hybridized carbons (Fsp3) is 0.111. The maximum absolute atomic E-state index is 6.06. The number of hydrogen-bond acceptors (Lipinski definition) is 3. The summed E-state index contributed by atoms with van der Waals surface area (Å²) >= 11 is 12.1. The molecule has 2 aromatic carbocycles. The summed E-state index contributed by atoms with van der Waals surface area (Å²) in [4.78, 5) is 4.33. The number of pyridine rings is 1.